The second-order valence-corrected chi connectivity index (χ2v) is 8.11. The van der Waals surface area contributed by atoms with E-state index in [9.17, 15) is 4.79 Å². The van der Waals surface area contributed by atoms with E-state index in [-0.39, 0.29) is 18.4 Å². The number of hydrogen-bond acceptors (Lipinski definition) is 4. The Bertz CT molecular complexity index is 957. The van der Waals surface area contributed by atoms with Gasteiger partial charge < -0.3 is 9.73 Å². The molecule has 28 heavy (non-hydrogen) atoms. The summed E-state index contributed by atoms with van der Waals surface area (Å²) in [7, 11) is 0. The Balaban J connectivity index is 1.33. The van der Waals surface area contributed by atoms with Crippen molar-refractivity contribution in [1.29, 1.82) is 0 Å². The van der Waals surface area contributed by atoms with Crippen molar-refractivity contribution in [3.05, 3.63) is 57.4 Å². The number of nitrogens with one attached hydrogen (secondary N) is 1. The maximum Gasteiger partial charge on any atom is 0.238 e. The van der Waals surface area contributed by atoms with E-state index in [0.717, 1.165) is 42.9 Å². The molecule has 1 aliphatic rings. The summed E-state index contributed by atoms with van der Waals surface area (Å²) in [5, 5.41) is 3.84. The maximum atomic E-state index is 12.4. The van der Waals surface area contributed by atoms with Gasteiger partial charge in [-0.25, -0.2) is 4.98 Å². The minimum absolute atomic E-state index is 0.161. The molecule has 0 aliphatic carbocycles. The number of benzene rings is 2. The maximum absolute atomic E-state index is 12.4. The Kier molecular flexibility index (Phi) is 5.78. The molecule has 1 amide bonds. The summed E-state index contributed by atoms with van der Waals surface area (Å²) in [6, 6.07) is 10.9. The molecule has 2 aromatic carbocycles. The van der Waals surface area contributed by atoms with Crippen LogP contribution in [0.2, 0.25) is 15.1 Å². The Morgan fingerprint density at radius 2 is 1.82 bits per heavy atom. The van der Waals surface area contributed by atoms with Gasteiger partial charge in [-0.3, -0.25) is 9.69 Å². The molecule has 2 heterocycles. The van der Waals surface area contributed by atoms with Gasteiger partial charge in [0, 0.05) is 10.9 Å². The first-order chi connectivity index (χ1) is 13.5. The zero-order chi connectivity index (χ0) is 19.7. The van der Waals surface area contributed by atoms with Crippen LogP contribution in [-0.4, -0.2) is 35.4 Å². The van der Waals surface area contributed by atoms with Gasteiger partial charge >= 0.3 is 0 Å². The number of para-hydroxylation sites is 2. The predicted molar refractivity (Wildman–Crippen MR) is 113 cm³/mol. The summed E-state index contributed by atoms with van der Waals surface area (Å²) in [6.45, 7) is 1.85. The molecular formula is C20H18Cl3N3O2. The van der Waals surface area contributed by atoms with E-state index >= 15 is 0 Å². The van der Waals surface area contributed by atoms with Crippen LogP contribution in [0.5, 0.6) is 0 Å². The van der Waals surface area contributed by atoms with Gasteiger partial charge in [0.1, 0.15) is 5.52 Å². The monoisotopic (exact) mass is 437 g/mol. The summed E-state index contributed by atoms with van der Waals surface area (Å²) >= 11 is 18.2. The average Bonchev–Trinajstić information content (AvgIpc) is 3.09. The molecule has 1 N–H and O–H groups in total. The summed E-state index contributed by atoms with van der Waals surface area (Å²) in [6.07, 6.45) is 1.78. The Morgan fingerprint density at radius 3 is 2.50 bits per heavy atom. The van der Waals surface area contributed by atoms with Crippen LogP contribution in [0, 0.1) is 0 Å². The summed E-state index contributed by atoms with van der Waals surface area (Å²) in [4.78, 5) is 19.1. The summed E-state index contributed by atoms with van der Waals surface area (Å²) in [5.74, 6) is 0.892. The normalized spacial score (nSPS) is 15.8. The van der Waals surface area contributed by atoms with Gasteiger partial charge in [-0.15, -0.1) is 0 Å². The number of piperidine rings is 1. The zero-order valence-electron chi connectivity index (χ0n) is 14.9. The number of rotatable bonds is 4. The summed E-state index contributed by atoms with van der Waals surface area (Å²) < 4.78 is 5.89. The Hall–Kier alpha value is -1.79. The van der Waals surface area contributed by atoms with Crippen molar-refractivity contribution >= 4 is 57.5 Å². The number of amides is 1. The number of likely N-dealkylation sites (tertiary alicyclic amines) is 1. The van der Waals surface area contributed by atoms with Crippen molar-refractivity contribution in [2.45, 2.75) is 18.8 Å². The van der Waals surface area contributed by atoms with Gasteiger partial charge in [0.25, 0.3) is 0 Å². The second kappa shape index (κ2) is 8.29. The van der Waals surface area contributed by atoms with Crippen LogP contribution in [0.1, 0.15) is 24.7 Å². The number of oxazole rings is 1. The third-order valence-corrected chi connectivity index (χ3v) is 5.70. The SMILES string of the molecule is O=C(CN1CCC(c2nc3ccccc3o2)CC1)Nc1c(Cl)cc(Cl)cc1Cl. The van der Waals surface area contributed by atoms with Crippen molar-refractivity contribution in [1.82, 2.24) is 9.88 Å². The number of carbonyl (C=O) groups is 1. The highest BCUT2D eigenvalue weighted by Crippen LogP contribution is 2.34. The fourth-order valence-electron chi connectivity index (χ4n) is 3.45. The molecule has 0 spiro atoms. The lowest BCUT2D eigenvalue weighted by Gasteiger charge is -2.30. The van der Waals surface area contributed by atoms with Crippen LogP contribution < -0.4 is 5.32 Å². The minimum atomic E-state index is -0.161. The molecule has 0 atom stereocenters. The zero-order valence-corrected chi connectivity index (χ0v) is 17.2. The number of aromatic nitrogens is 1. The van der Waals surface area contributed by atoms with Crippen LogP contribution in [-0.2, 0) is 4.79 Å². The second-order valence-electron chi connectivity index (χ2n) is 6.86. The van der Waals surface area contributed by atoms with Gasteiger partial charge in [-0.1, -0.05) is 46.9 Å². The van der Waals surface area contributed by atoms with Crippen molar-refractivity contribution in [2.24, 2.45) is 0 Å². The van der Waals surface area contributed by atoms with Crippen molar-refractivity contribution in [2.75, 3.05) is 25.0 Å². The number of nitrogens with zero attached hydrogens (tertiary/aromatic N) is 2. The molecule has 5 nitrogen and oxygen atoms in total. The van der Waals surface area contributed by atoms with Crippen LogP contribution in [0.25, 0.3) is 11.1 Å². The number of halogens is 3. The molecule has 1 aromatic heterocycles. The lowest BCUT2D eigenvalue weighted by atomic mass is 9.97. The quantitative estimate of drug-likeness (QED) is 0.575. The minimum Gasteiger partial charge on any atom is -0.440 e. The van der Waals surface area contributed by atoms with E-state index in [1.807, 2.05) is 24.3 Å². The lowest BCUT2D eigenvalue weighted by Crippen LogP contribution is -2.38. The molecule has 3 aromatic rings. The van der Waals surface area contributed by atoms with Gasteiger partial charge in [-0.05, 0) is 50.2 Å². The van der Waals surface area contributed by atoms with Crippen molar-refractivity contribution < 1.29 is 9.21 Å². The smallest absolute Gasteiger partial charge is 0.238 e. The van der Waals surface area contributed by atoms with Crippen molar-refractivity contribution in [3.8, 4) is 0 Å². The Morgan fingerprint density at radius 1 is 1.14 bits per heavy atom. The molecule has 0 bridgehead atoms. The van der Waals surface area contributed by atoms with Crippen LogP contribution in [0.15, 0.2) is 40.8 Å². The molecule has 1 fully saturated rings. The highest BCUT2D eigenvalue weighted by Gasteiger charge is 2.26. The van der Waals surface area contributed by atoms with E-state index in [4.69, 9.17) is 39.2 Å². The van der Waals surface area contributed by atoms with Crippen LogP contribution in [0.4, 0.5) is 5.69 Å². The molecular weight excluding hydrogens is 421 g/mol. The molecule has 0 unspecified atom stereocenters. The van der Waals surface area contributed by atoms with Gasteiger partial charge in [0.2, 0.25) is 5.91 Å². The Labute approximate surface area is 177 Å². The van der Waals surface area contributed by atoms with Crippen molar-refractivity contribution in [3.63, 3.8) is 0 Å². The molecule has 1 saturated heterocycles. The topological polar surface area (TPSA) is 58.4 Å². The van der Waals surface area contributed by atoms with E-state index in [0.29, 0.717) is 20.8 Å². The van der Waals surface area contributed by atoms with E-state index in [1.165, 1.54) is 0 Å². The van der Waals surface area contributed by atoms with Crippen LogP contribution in [0.3, 0.4) is 0 Å². The molecule has 1 aliphatic heterocycles. The highest BCUT2D eigenvalue weighted by atomic mass is 35.5. The highest BCUT2D eigenvalue weighted by molar-refractivity contribution is 6.42. The first-order valence-electron chi connectivity index (χ1n) is 9.02. The summed E-state index contributed by atoms with van der Waals surface area (Å²) in [5.41, 5.74) is 2.09. The van der Waals surface area contributed by atoms with Gasteiger partial charge in [0.05, 0.1) is 22.3 Å². The average molecular weight is 439 g/mol. The lowest BCUT2D eigenvalue weighted by molar-refractivity contribution is -0.117. The first kappa shape index (κ1) is 19.5. The third-order valence-electron chi connectivity index (χ3n) is 4.89. The standard InChI is InChI=1S/C20H18Cl3N3O2/c21-13-9-14(22)19(15(23)10-13)25-18(27)11-26-7-5-12(6-8-26)20-24-16-3-1-2-4-17(16)28-20/h1-4,9-10,12H,5-8,11H2,(H,25,27). The fraction of sp³-hybridized carbons (Fsp3) is 0.300. The van der Waals surface area contributed by atoms with E-state index < -0.39 is 0 Å². The number of carbonyl (C=O) groups excluding carboxylic acids is 1. The van der Waals surface area contributed by atoms with Crippen LogP contribution >= 0.6 is 34.8 Å². The number of anilines is 1. The molecule has 146 valence electrons. The van der Waals surface area contributed by atoms with Gasteiger partial charge in [-0.2, -0.15) is 0 Å². The fourth-order valence-corrected chi connectivity index (χ4v) is 4.36. The molecule has 0 saturated carbocycles. The molecule has 4 rings (SSSR count). The van der Waals surface area contributed by atoms with E-state index in [1.54, 1.807) is 12.1 Å². The largest absolute Gasteiger partial charge is 0.440 e. The third kappa shape index (κ3) is 4.28. The van der Waals surface area contributed by atoms with Gasteiger partial charge in [0.15, 0.2) is 11.5 Å². The van der Waals surface area contributed by atoms with E-state index in [2.05, 4.69) is 15.2 Å². The molecule has 0 radical (unpaired) electrons. The predicted octanol–water partition coefficient (Wildman–Crippen LogP) is 5.61. The number of hydrogen-bond donors (Lipinski definition) is 1. The first-order valence-corrected chi connectivity index (χ1v) is 10.1. The molecule has 8 heteroatoms. The number of fused-ring (bicyclic) bond motifs is 1.